The molecule has 3 heterocycles. The van der Waals surface area contributed by atoms with Gasteiger partial charge in [0.25, 0.3) is 0 Å². The molecule has 1 aliphatic rings. The molecule has 0 saturated carbocycles. The maximum absolute atomic E-state index is 12.6. The van der Waals surface area contributed by atoms with Gasteiger partial charge in [-0.2, -0.15) is 14.3 Å². The summed E-state index contributed by atoms with van der Waals surface area (Å²) in [5.74, 6) is 2.29. The average molecular weight is 654 g/mol. The minimum Gasteiger partial charge on any atom is -0.497 e. The number of ether oxygens (including phenoxy) is 3. The van der Waals surface area contributed by atoms with Crippen molar-refractivity contribution in [1.82, 2.24) is 24.3 Å². The first-order valence-electron chi connectivity index (χ1n) is 14.9. The van der Waals surface area contributed by atoms with Crippen molar-refractivity contribution in [3.63, 3.8) is 0 Å². The van der Waals surface area contributed by atoms with Crippen molar-refractivity contribution in [2.24, 2.45) is 0 Å². The Morgan fingerprint density at radius 1 is 1.00 bits per heavy atom. The molecule has 0 bridgehead atoms. The molecule has 2 aromatic carbocycles. The monoisotopic (exact) mass is 653 g/mol. The number of urea groups is 1. The fourth-order valence-corrected chi connectivity index (χ4v) is 5.61. The Balaban J connectivity index is 1.23. The number of nitrogens with zero attached hydrogens (tertiary/aromatic N) is 5. The number of hydrogen-bond acceptors (Lipinski definition) is 11. The number of piperazine rings is 1. The van der Waals surface area contributed by atoms with E-state index in [1.165, 1.54) is 10.6 Å². The van der Waals surface area contributed by atoms with E-state index in [9.17, 15) is 13.2 Å². The summed E-state index contributed by atoms with van der Waals surface area (Å²) in [7, 11) is -1.59. The van der Waals surface area contributed by atoms with Crippen molar-refractivity contribution in [1.29, 1.82) is 0 Å². The first-order chi connectivity index (χ1) is 21.9. The highest BCUT2D eigenvalue weighted by Crippen LogP contribution is 2.32. The molecule has 0 spiro atoms. The van der Waals surface area contributed by atoms with Crippen LogP contribution < -0.4 is 24.8 Å². The minimum absolute atomic E-state index is 0.147. The lowest BCUT2D eigenvalue weighted by molar-refractivity contribution is 0.173. The predicted octanol–water partition coefficient (Wildman–Crippen LogP) is 4.71. The van der Waals surface area contributed by atoms with Gasteiger partial charge >= 0.3 is 12.0 Å². The van der Waals surface area contributed by atoms with E-state index in [0.29, 0.717) is 78.9 Å². The molecule has 1 aliphatic heterocycles. The summed E-state index contributed by atoms with van der Waals surface area (Å²) in [6, 6.07) is 13.6. The topological polar surface area (TPSA) is 161 Å². The van der Waals surface area contributed by atoms with Gasteiger partial charge in [0.2, 0.25) is 15.9 Å². The lowest BCUT2D eigenvalue weighted by Gasteiger charge is -2.33. The van der Waals surface area contributed by atoms with Gasteiger partial charge in [0.1, 0.15) is 17.3 Å². The van der Waals surface area contributed by atoms with Crippen LogP contribution in [-0.2, 0) is 15.4 Å². The third-order valence-corrected chi connectivity index (χ3v) is 8.60. The quantitative estimate of drug-likeness (QED) is 0.216. The Morgan fingerprint density at radius 3 is 2.48 bits per heavy atom. The molecule has 5 rings (SSSR count). The molecule has 1 saturated heterocycles. The van der Waals surface area contributed by atoms with Crippen LogP contribution in [0.5, 0.6) is 23.4 Å². The van der Waals surface area contributed by atoms with Crippen LogP contribution in [0.3, 0.4) is 0 Å². The number of methoxy groups -OCH3 is 1. The molecule has 0 unspecified atom stereocenters. The molecule has 46 heavy (non-hydrogen) atoms. The first kappa shape index (κ1) is 32.9. The van der Waals surface area contributed by atoms with Gasteiger partial charge in [-0.05, 0) is 30.7 Å². The van der Waals surface area contributed by atoms with Crippen LogP contribution in [-0.4, -0.2) is 91.5 Å². The van der Waals surface area contributed by atoms with Gasteiger partial charge in [0.15, 0.2) is 5.82 Å². The summed E-state index contributed by atoms with van der Waals surface area (Å²) >= 11 is 0. The second-order valence-corrected chi connectivity index (χ2v) is 13.9. The van der Waals surface area contributed by atoms with Gasteiger partial charge < -0.3 is 29.0 Å². The van der Waals surface area contributed by atoms with E-state index in [-0.39, 0.29) is 17.3 Å². The molecule has 246 valence electrons. The van der Waals surface area contributed by atoms with Crippen LogP contribution in [0.4, 0.5) is 16.3 Å². The van der Waals surface area contributed by atoms with Crippen LogP contribution in [0.15, 0.2) is 53.1 Å². The molecule has 4 aromatic rings. The Bertz CT molecular complexity index is 1780. The van der Waals surface area contributed by atoms with Crippen LogP contribution >= 0.6 is 0 Å². The Labute approximate surface area is 268 Å². The van der Waals surface area contributed by atoms with E-state index in [1.54, 1.807) is 49.6 Å². The number of sulfonamides is 1. The molecule has 2 aromatic heterocycles. The van der Waals surface area contributed by atoms with Crippen molar-refractivity contribution < 1.29 is 31.9 Å². The molecule has 15 heteroatoms. The number of rotatable bonds is 11. The minimum atomic E-state index is -3.17. The number of aromatic nitrogens is 3. The zero-order chi connectivity index (χ0) is 32.9. The van der Waals surface area contributed by atoms with Crippen molar-refractivity contribution >= 4 is 38.5 Å². The van der Waals surface area contributed by atoms with E-state index in [4.69, 9.17) is 18.7 Å². The highest BCUT2D eigenvalue weighted by Gasteiger charge is 2.23. The summed E-state index contributed by atoms with van der Waals surface area (Å²) < 4.78 is 47.9. The number of benzene rings is 2. The molecule has 2 N–H and O–H groups in total. The number of carbonyl (C=O) groups is 1. The molecule has 0 aliphatic carbocycles. The fourth-order valence-electron chi connectivity index (χ4n) is 4.78. The predicted molar refractivity (Wildman–Crippen MR) is 173 cm³/mol. The molecule has 2 amide bonds. The molecule has 0 atom stereocenters. The molecule has 14 nitrogen and oxygen atoms in total. The summed E-state index contributed by atoms with van der Waals surface area (Å²) in [4.78, 5) is 24.0. The highest BCUT2D eigenvalue weighted by atomic mass is 32.2. The average Bonchev–Trinajstić information content (AvgIpc) is 3.48. The van der Waals surface area contributed by atoms with E-state index in [0.717, 1.165) is 6.54 Å². The lowest BCUT2D eigenvalue weighted by atomic mass is 9.93. The number of hydrogen-bond donors (Lipinski definition) is 2. The van der Waals surface area contributed by atoms with Crippen LogP contribution in [0.25, 0.3) is 10.9 Å². The number of carbonyl (C=O) groups excluding carboxylic acids is 1. The molecule has 0 radical (unpaired) electrons. The second kappa shape index (κ2) is 13.9. The van der Waals surface area contributed by atoms with Gasteiger partial charge in [0, 0.05) is 62.0 Å². The summed E-state index contributed by atoms with van der Waals surface area (Å²) in [5.41, 5.74) is 0.825. The molecular weight excluding hydrogens is 614 g/mol. The molecule has 1 fully saturated rings. The van der Waals surface area contributed by atoms with Gasteiger partial charge in [0.05, 0.1) is 30.9 Å². The summed E-state index contributed by atoms with van der Waals surface area (Å²) in [6.07, 6.45) is 1.94. The second-order valence-electron chi connectivity index (χ2n) is 11.9. The highest BCUT2D eigenvalue weighted by molar-refractivity contribution is 7.88. The van der Waals surface area contributed by atoms with Gasteiger partial charge in [-0.15, -0.1) is 0 Å². The van der Waals surface area contributed by atoms with Gasteiger partial charge in [-0.25, -0.2) is 13.2 Å². The lowest BCUT2D eigenvalue weighted by Crippen LogP contribution is -2.48. The van der Waals surface area contributed by atoms with E-state index >= 15 is 0 Å². The maximum atomic E-state index is 12.6. The SMILES string of the molecule is COc1ccc2c(Oc3cccc(NC(=O)Nc4cc(C(C)(C)C)on4)c3)nc(OCCCN3CCN(S(C)(=O)=O)CC3)nc2c1. The van der Waals surface area contributed by atoms with Gasteiger partial charge in [-0.1, -0.05) is 32.0 Å². The van der Waals surface area contributed by atoms with Crippen molar-refractivity contribution in [3.05, 3.63) is 54.3 Å². The zero-order valence-corrected chi connectivity index (χ0v) is 27.4. The number of fused-ring (bicyclic) bond motifs is 1. The van der Waals surface area contributed by atoms with E-state index in [2.05, 4.69) is 30.7 Å². The van der Waals surface area contributed by atoms with Crippen LogP contribution in [0, 0.1) is 0 Å². The van der Waals surface area contributed by atoms with E-state index in [1.807, 2.05) is 26.8 Å². The smallest absolute Gasteiger partial charge is 0.324 e. The summed E-state index contributed by atoms with van der Waals surface area (Å²) in [5, 5.41) is 10.0. The summed E-state index contributed by atoms with van der Waals surface area (Å²) in [6.45, 7) is 9.40. The van der Waals surface area contributed by atoms with Gasteiger partial charge in [-0.3, -0.25) is 5.32 Å². The standard InChI is InChI=1S/C31H39N7O7S/c1-31(2,3)26-20-27(36-45-26)34-29(39)32-21-8-6-9-23(18-21)44-28-24-11-10-22(42-4)19-25(24)33-30(35-28)43-17-7-12-37-13-15-38(16-14-37)46(5,40)41/h6,8-11,18-20H,7,12-17H2,1-5H3,(H2,32,34,36,39). The van der Waals surface area contributed by atoms with Crippen LogP contribution in [0.2, 0.25) is 0 Å². The number of amides is 2. The normalized spacial score (nSPS) is 14.6. The third-order valence-electron chi connectivity index (χ3n) is 7.30. The maximum Gasteiger partial charge on any atom is 0.324 e. The Morgan fingerprint density at radius 2 is 1.78 bits per heavy atom. The first-order valence-corrected chi connectivity index (χ1v) is 16.7. The molecular formula is C31H39N7O7S. The fraction of sp³-hybridized carbons (Fsp3) is 0.419. The largest absolute Gasteiger partial charge is 0.497 e. The number of nitrogens with one attached hydrogen (secondary N) is 2. The van der Waals surface area contributed by atoms with Crippen molar-refractivity contribution in [3.8, 4) is 23.4 Å². The van der Waals surface area contributed by atoms with Crippen molar-refractivity contribution in [2.45, 2.75) is 32.6 Å². The Hall–Kier alpha value is -4.47. The van der Waals surface area contributed by atoms with E-state index < -0.39 is 16.1 Å². The third kappa shape index (κ3) is 8.62. The van der Waals surface area contributed by atoms with Crippen LogP contribution in [0.1, 0.15) is 33.0 Å². The van der Waals surface area contributed by atoms with Crippen molar-refractivity contribution in [2.75, 3.05) is 63.3 Å². The zero-order valence-electron chi connectivity index (χ0n) is 26.6. The number of anilines is 2. The Kier molecular flexibility index (Phi) is 9.94.